The molecule has 1 saturated heterocycles. The summed E-state index contributed by atoms with van der Waals surface area (Å²) in [6, 6.07) is 7.21. The second-order valence-corrected chi connectivity index (χ2v) is 7.04. The van der Waals surface area contributed by atoms with Crippen molar-refractivity contribution >= 4 is 21.6 Å². The number of aromatic amines is 1. The van der Waals surface area contributed by atoms with Crippen molar-refractivity contribution in [3.8, 4) is 0 Å². The van der Waals surface area contributed by atoms with Gasteiger partial charge in [-0.1, -0.05) is 23.7 Å². The largest absolute Gasteiger partial charge is 0.335 e. The summed E-state index contributed by atoms with van der Waals surface area (Å²) in [5.41, 5.74) is 0.929. The molecule has 2 heterocycles. The number of imidazole rings is 1. The molecule has 1 aliphatic rings. The summed E-state index contributed by atoms with van der Waals surface area (Å²) >= 11 is 6.00. The van der Waals surface area contributed by atoms with Crippen LogP contribution in [-0.2, 0) is 10.0 Å². The number of aromatic nitrogens is 2. The van der Waals surface area contributed by atoms with E-state index in [1.54, 1.807) is 6.07 Å². The molecule has 2 aromatic rings. The van der Waals surface area contributed by atoms with E-state index >= 15 is 0 Å². The van der Waals surface area contributed by atoms with Gasteiger partial charge in [-0.2, -0.15) is 4.31 Å². The summed E-state index contributed by atoms with van der Waals surface area (Å²) in [6.45, 7) is 0.512. The van der Waals surface area contributed by atoms with E-state index in [0.29, 0.717) is 11.6 Å². The lowest BCUT2D eigenvalue weighted by Gasteiger charge is -2.23. The number of hydrogen-bond acceptors (Lipinski definition) is 3. The molecule has 0 spiro atoms. The molecule has 3 rings (SSSR count). The van der Waals surface area contributed by atoms with Crippen molar-refractivity contribution in [2.24, 2.45) is 0 Å². The molecule has 1 fully saturated rings. The third-order valence-corrected chi connectivity index (χ3v) is 5.57. The van der Waals surface area contributed by atoms with E-state index in [9.17, 15) is 8.42 Å². The lowest BCUT2D eigenvalue weighted by atomic mass is 10.1. The van der Waals surface area contributed by atoms with Crippen LogP contribution in [0.25, 0.3) is 0 Å². The minimum atomic E-state index is -3.53. The lowest BCUT2D eigenvalue weighted by Crippen LogP contribution is -2.30. The molecular formula is C13H14ClN3O2S. The van der Waals surface area contributed by atoms with Crippen LogP contribution >= 0.6 is 11.6 Å². The maximum Gasteiger partial charge on any atom is 0.260 e. The van der Waals surface area contributed by atoms with Crippen LogP contribution in [0.5, 0.6) is 0 Å². The molecule has 0 radical (unpaired) electrons. The molecule has 7 heteroatoms. The van der Waals surface area contributed by atoms with E-state index in [4.69, 9.17) is 11.6 Å². The van der Waals surface area contributed by atoms with Crippen LogP contribution in [0.3, 0.4) is 0 Å². The molecule has 5 nitrogen and oxygen atoms in total. The summed E-state index contributed by atoms with van der Waals surface area (Å²) in [4.78, 5) is 6.46. The standard InChI is InChI=1S/C13H14ClN3O2S/c14-11-4-1-3-10(7-11)12-5-2-6-17(12)20(18,19)13-8-15-9-16-13/h1,3-4,7-9,12H,2,5-6H2,(H,15,16). The van der Waals surface area contributed by atoms with Gasteiger partial charge in [-0.05, 0) is 30.5 Å². The SMILES string of the molecule is O=S(=O)(c1cnc[nH]1)N1CCCC1c1cccc(Cl)c1. The zero-order valence-corrected chi connectivity index (χ0v) is 12.2. The Labute approximate surface area is 122 Å². The number of rotatable bonds is 3. The average Bonchev–Trinajstić information content (AvgIpc) is 3.11. The maximum atomic E-state index is 12.6. The highest BCUT2D eigenvalue weighted by Gasteiger charge is 2.36. The van der Waals surface area contributed by atoms with Crippen LogP contribution in [0.15, 0.2) is 41.8 Å². The Bertz CT molecular complexity index is 700. The second kappa shape index (κ2) is 5.20. The van der Waals surface area contributed by atoms with Crippen LogP contribution in [-0.4, -0.2) is 29.2 Å². The average molecular weight is 312 g/mol. The molecule has 0 bridgehead atoms. The Hall–Kier alpha value is -1.37. The number of nitrogens with zero attached hydrogens (tertiary/aromatic N) is 2. The van der Waals surface area contributed by atoms with Gasteiger partial charge >= 0.3 is 0 Å². The molecule has 1 atom stereocenters. The van der Waals surface area contributed by atoms with Crippen molar-refractivity contribution < 1.29 is 8.42 Å². The lowest BCUT2D eigenvalue weighted by molar-refractivity contribution is 0.395. The van der Waals surface area contributed by atoms with Crippen molar-refractivity contribution in [2.75, 3.05) is 6.54 Å². The van der Waals surface area contributed by atoms with Crippen LogP contribution in [0.2, 0.25) is 5.02 Å². The number of hydrogen-bond donors (Lipinski definition) is 1. The first-order valence-electron chi connectivity index (χ1n) is 6.35. The summed E-state index contributed by atoms with van der Waals surface area (Å²) in [7, 11) is -3.53. The van der Waals surface area contributed by atoms with Crippen molar-refractivity contribution in [1.82, 2.24) is 14.3 Å². The Morgan fingerprint density at radius 1 is 1.40 bits per heavy atom. The minimum absolute atomic E-state index is 0.131. The van der Waals surface area contributed by atoms with Gasteiger partial charge in [0, 0.05) is 11.6 Å². The van der Waals surface area contributed by atoms with Gasteiger partial charge in [0.25, 0.3) is 10.0 Å². The van der Waals surface area contributed by atoms with Gasteiger partial charge in [-0.25, -0.2) is 13.4 Å². The van der Waals surface area contributed by atoms with Gasteiger partial charge in [0.05, 0.1) is 18.6 Å². The third-order valence-electron chi connectivity index (χ3n) is 3.50. The van der Waals surface area contributed by atoms with Crippen LogP contribution in [0, 0.1) is 0 Å². The van der Waals surface area contributed by atoms with E-state index in [-0.39, 0.29) is 11.1 Å². The third kappa shape index (κ3) is 2.34. The zero-order valence-electron chi connectivity index (χ0n) is 10.7. The molecule has 1 aromatic heterocycles. The van der Waals surface area contributed by atoms with Gasteiger partial charge in [0.2, 0.25) is 0 Å². The van der Waals surface area contributed by atoms with Crippen molar-refractivity contribution in [2.45, 2.75) is 23.9 Å². The topological polar surface area (TPSA) is 66.1 Å². The van der Waals surface area contributed by atoms with Gasteiger partial charge < -0.3 is 4.98 Å². The normalized spacial score (nSPS) is 20.4. The Balaban J connectivity index is 1.98. The summed E-state index contributed by atoms with van der Waals surface area (Å²) in [5.74, 6) is 0. The van der Waals surface area contributed by atoms with E-state index in [2.05, 4.69) is 9.97 Å². The van der Waals surface area contributed by atoms with Gasteiger partial charge in [0.15, 0.2) is 5.03 Å². The van der Waals surface area contributed by atoms with Gasteiger partial charge in [0.1, 0.15) is 0 Å². The monoisotopic (exact) mass is 311 g/mol. The molecular weight excluding hydrogens is 298 g/mol. The van der Waals surface area contributed by atoms with E-state index in [1.165, 1.54) is 16.8 Å². The molecule has 1 aliphatic heterocycles. The zero-order chi connectivity index (χ0) is 14.2. The minimum Gasteiger partial charge on any atom is -0.335 e. The van der Waals surface area contributed by atoms with E-state index < -0.39 is 10.0 Å². The molecule has 0 saturated carbocycles. The Kier molecular flexibility index (Phi) is 3.54. The number of halogens is 1. The summed E-state index contributed by atoms with van der Waals surface area (Å²) < 4.78 is 26.7. The molecule has 0 aliphatic carbocycles. The molecule has 1 aromatic carbocycles. The highest BCUT2D eigenvalue weighted by atomic mass is 35.5. The fraction of sp³-hybridized carbons (Fsp3) is 0.308. The first-order chi connectivity index (χ1) is 9.59. The molecule has 1 N–H and O–H groups in total. The molecule has 1 unspecified atom stereocenters. The molecule has 0 amide bonds. The fourth-order valence-electron chi connectivity index (χ4n) is 2.59. The fourth-order valence-corrected chi connectivity index (χ4v) is 4.36. The van der Waals surface area contributed by atoms with Crippen molar-refractivity contribution in [3.63, 3.8) is 0 Å². The van der Waals surface area contributed by atoms with E-state index in [1.807, 2.05) is 18.2 Å². The number of sulfonamides is 1. The Morgan fingerprint density at radius 3 is 2.95 bits per heavy atom. The van der Waals surface area contributed by atoms with Gasteiger partial charge in [-0.3, -0.25) is 0 Å². The highest BCUT2D eigenvalue weighted by molar-refractivity contribution is 7.89. The quantitative estimate of drug-likeness (QED) is 0.947. The molecule has 106 valence electrons. The maximum absolute atomic E-state index is 12.6. The molecule has 20 heavy (non-hydrogen) atoms. The van der Waals surface area contributed by atoms with Crippen LogP contribution in [0.4, 0.5) is 0 Å². The first kappa shape index (κ1) is 13.6. The van der Waals surface area contributed by atoms with E-state index in [0.717, 1.165) is 18.4 Å². The smallest absolute Gasteiger partial charge is 0.260 e. The first-order valence-corrected chi connectivity index (χ1v) is 8.16. The van der Waals surface area contributed by atoms with Crippen LogP contribution < -0.4 is 0 Å². The van der Waals surface area contributed by atoms with Crippen molar-refractivity contribution in [1.29, 1.82) is 0 Å². The second-order valence-electron chi connectivity index (χ2n) is 4.74. The Morgan fingerprint density at radius 2 is 2.25 bits per heavy atom. The highest BCUT2D eigenvalue weighted by Crippen LogP contribution is 2.36. The van der Waals surface area contributed by atoms with Crippen molar-refractivity contribution in [3.05, 3.63) is 47.4 Å². The van der Waals surface area contributed by atoms with Crippen LogP contribution in [0.1, 0.15) is 24.4 Å². The number of H-pyrrole nitrogens is 1. The number of benzene rings is 1. The predicted octanol–water partition coefficient (Wildman–Crippen LogP) is 2.59. The summed E-state index contributed by atoms with van der Waals surface area (Å²) in [6.07, 6.45) is 4.35. The number of nitrogens with one attached hydrogen (secondary N) is 1. The predicted molar refractivity (Wildman–Crippen MR) is 75.9 cm³/mol. The summed E-state index contributed by atoms with van der Waals surface area (Å²) in [5, 5.41) is 0.750. The van der Waals surface area contributed by atoms with Gasteiger partial charge in [-0.15, -0.1) is 0 Å².